The van der Waals surface area contributed by atoms with E-state index in [0.29, 0.717) is 28.9 Å². The molecule has 1 aliphatic rings. The van der Waals surface area contributed by atoms with E-state index in [1.807, 2.05) is 18.2 Å². The highest BCUT2D eigenvalue weighted by Crippen LogP contribution is 2.28. The lowest BCUT2D eigenvalue weighted by atomic mass is 10.1. The van der Waals surface area contributed by atoms with E-state index in [1.54, 1.807) is 24.3 Å². The van der Waals surface area contributed by atoms with Crippen LogP contribution in [0, 0.1) is 0 Å². The monoisotopic (exact) mass is 404 g/mol. The number of benzene rings is 2. The molecule has 0 radical (unpaired) electrons. The van der Waals surface area contributed by atoms with Crippen LogP contribution in [0.5, 0.6) is 5.75 Å². The van der Waals surface area contributed by atoms with Crippen LogP contribution in [0.4, 0.5) is 5.69 Å². The number of ether oxygens (including phenoxy) is 1. The number of para-hydroxylation sites is 1. The van der Waals surface area contributed by atoms with Gasteiger partial charge in [0.1, 0.15) is 5.75 Å². The number of H-pyrrole nitrogens is 1. The van der Waals surface area contributed by atoms with Crippen LogP contribution in [0.3, 0.4) is 0 Å². The van der Waals surface area contributed by atoms with Gasteiger partial charge in [-0.3, -0.25) is 9.59 Å². The Balaban J connectivity index is 0.000000194. The third-order valence-corrected chi connectivity index (χ3v) is 3.73. The second kappa shape index (κ2) is 8.98. The molecule has 146 valence electrons. The van der Waals surface area contributed by atoms with Crippen molar-refractivity contribution < 1.29 is 19.4 Å². The van der Waals surface area contributed by atoms with Crippen LogP contribution in [-0.2, 0) is 11.3 Å². The van der Waals surface area contributed by atoms with E-state index in [2.05, 4.69) is 15.3 Å². The number of nitrogens with two attached hydrogens (primary N) is 1. The summed E-state index contributed by atoms with van der Waals surface area (Å²) in [5, 5.41) is 11.7. The number of amides is 1. The zero-order valence-corrected chi connectivity index (χ0v) is 15.3. The minimum atomic E-state index is -1.24. The number of nitrogens with one attached hydrogen (secondary N) is 2. The number of halogens is 1. The fraction of sp³-hybridized carbons (Fsp3) is 0.111. The van der Waals surface area contributed by atoms with Crippen molar-refractivity contribution in [2.75, 3.05) is 11.9 Å². The van der Waals surface area contributed by atoms with E-state index in [-0.39, 0.29) is 30.7 Å². The summed E-state index contributed by atoms with van der Waals surface area (Å²) in [6, 6.07) is 12.1. The lowest BCUT2D eigenvalue weighted by molar-refractivity contribution is -0.118. The van der Waals surface area contributed by atoms with Crippen LogP contribution in [0.15, 0.2) is 47.3 Å². The largest absolute Gasteiger partial charge is 0.482 e. The molecule has 0 saturated heterocycles. The molecular formula is C18H17ClN4O5. The van der Waals surface area contributed by atoms with Crippen LogP contribution >= 0.6 is 12.4 Å². The van der Waals surface area contributed by atoms with Crippen molar-refractivity contribution in [1.29, 1.82) is 0 Å². The van der Waals surface area contributed by atoms with Gasteiger partial charge >= 0.3 is 5.97 Å². The van der Waals surface area contributed by atoms with E-state index in [1.165, 1.54) is 0 Å². The highest BCUT2D eigenvalue weighted by molar-refractivity contribution is 5.95. The number of rotatable bonds is 2. The SMILES string of the molecule is Cl.NCc1ccc2c(c1)NC(=O)CO2.O=C(O)c1nc2ccccc2c(=O)[nH]1. The summed E-state index contributed by atoms with van der Waals surface area (Å²) in [5.41, 5.74) is 7.09. The lowest BCUT2D eigenvalue weighted by Gasteiger charge is -2.18. The van der Waals surface area contributed by atoms with E-state index in [9.17, 15) is 14.4 Å². The fourth-order valence-electron chi connectivity index (χ4n) is 2.44. The molecule has 9 nitrogen and oxygen atoms in total. The normalized spacial score (nSPS) is 11.8. The van der Waals surface area contributed by atoms with E-state index >= 15 is 0 Å². The third-order valence-electron chi connectivity index (χ3n) is 3.73. The van der Waals surface area contributed by atoms with E-state index < -0.39 is 11.5 Å². The Morgan fingerprint density at radius 2 is 1.96 bits per heavy atom. The number of aromatic nitrogens is 2. The number of carboxylic acids is 1. The Hall–Kier alpha value is -3.43. The van der Waals surface area contributed by atoms with Gasteiger partial charge in [0.25, 0.3) is 11.5 Å². The number of anilines is 1. The number of hydrogen-bond donors (Lipinski definition) is 4. The number of carbonyl (C=O) groups excluding carboxylic acids is 1. The molecule has 0 bridgehead atoms. The Bertz CT molecular complexity index is 1080. The van der Waals surface area contributed by atoms with Crippen molar-refractivity contribution in [2.24, 2.45) is 5.73 Å². The van der Waals surface area contributed by atoms with Gasteiger partial charge in [-0.15, -0.1) is 12.4 Å². The maximum atomic E-state index is 11.3. The number of aromatic amines is 1. The summed E-state index contributed by atoms with van der Waals surface area (Å²) in [6.45, 7) is 0.554. The Labute approximate surface area is 165 Å². The minimum absolute atomic E-state index is 0. The highest BCUT2D eigenvalue weighted by atomic mass is 35.5. The molecule has 5 N–H and O–H groups in total. The molecule has 4 rings (SSSR count). The first-order valence-corrected chi connectivity index (χ1v) is 7.96. The van der Waals surface area contributed by atoms with Gasteiger partial charge in [-0.25, -0.2) is 9.78 Å². The first kappa shape index (κ1) is 20.9. The predicted molar refractivity (Wildman–Crippen MR) is 105 cm³/mol. The zero-order chi connectivity index (χ0) is 19.4. The van der Waals surface area contributed by atoms with Gasteiger partial charge in [0.05, 0.1) is 16.6 Å². The maximum Gasteiger partial charge on any atom is 0.372 e. The molecule has 0 saturated carbocycles. The smallest absolute Gasteiger partial charge is 0.372 e. The predicted octanol–water partition coefficient (Wildman–Crippen LogP) is 1.52. The van der Waals surface area contributed by atoms with E-state index in [0.717, 1.165) is 5.56 Å². The molecule has 0 unspecified atom stereocenters. The zero-order valence-electron chi connectivity index (χ0n) is 14.5. The van der Waals surface area contributed by atoms with Crippen LogP contribution in [0.2, 0.25) is 0 Å². The molecule has 0 aliphatic carbocycles. The lowest BCUT2D eigenvalue weighted by Crippen LogP contribution is -2.25. The molecule has 2 heterocycles. The third kappa shape index (κ3) is 4.64. The van der Waals surface area contributed by atoms with Crippen LogP contribution in [0.1, 0.15) is 16.2 Å². The van der Waals surface area contributed by atoms with Crippen LogP contribution in [0.25, 0.3) is 10.9 Å². The summed E-state index contributed by atoms with van der Waals surface area (Å²) >= 11 is 0. The first-order valence-electron chi connectivity index (χ1n) is 7.96. The van der Waals surface area contributed by atoms with Crippen molar-refractivity contribution >= 4 is 40.9 Å². The summed E-state index contributed by atoms with van der Waals surface area (Å²) in [5.74, 6) is -1.000. The molecule has 2 aromatic carbocycles. The number of carboxylic acid groups (broad SMARTS) is 1. The Morgan fingerprint density at radius 3 is 2.68 bits per heavy atom. The molecule has 0 spiro atoms. The molecule has 3 aromatic rings. The van der Waals surface area contributed by atoms with Crippen molar-refractivity contribution in [3.05, 3.63) is 64.2 Å². The van der Waals surface area contributed by atoms with Crippen molar-refractivity contribution in [2.45, 2.75) is 6.54 Å². The number of hydrogen-bond acceptors (Lipinski definition) is 6. The minimum Gasteiger partial charge on any atom is -0.482 e. The quantitative estimate of drug-likeness (QED) is 0.506. The van der Waals surface area contributed by atoms with E-state index in [4.69, 9.17) is 15.6 Å². The van der Waals surface area contributed by atoms with Gasteiger partial charge in [0, 0.05) is 6.54 Å². The molecule has 1 aromatic heterocycles. The second-order valence-electron chi connectivity index (χ2n) is 5.61. The second-order valence-corrected chi connectivity index (χ2v) is 5.61. The van der Waals surface area contributed by atoms with Crippen molar-refractivity contribution in [3.63, 3.8) is 0 Å². The molecule has 0 atom stereocenters. The topological polar surface area (TPSA) is 147 Å². The number of nitrogens with zero attached hydrogens (tertiary/aromatic N) is 1. The molecule has 10 heteroatoms. The summed E-state index contributed by atoms with van der Waals surface area (Å²) in [6.07, 6.45) is 0. The average Bonchev–Trinajstić information content (AvgIpc) is 2.67. The highest BCUT2D eigenvalue weighted by Gasteiger charge is 2.15. The van der Waals surface area contributed by atoms with Gasteiger partial charge in [-0.05, 0) is 29.8 Å². The van der Waals surface area contributed by atoms with Crippen LogP contribution in [-0.4, -0.2) is 33.6 Å². The maximum absolute atomic E-state index is 11.3. The van der Waals surface area contributed by atoms with Crippen LogP contribution < -0.4 is 21.3 Å². The van der Waals surface area contributed by atoms with Gasteiger partial charge in [-0.1, -0.05) is 18.2 Å². The van der Waals surface area contributed by atoms with Gasteiger partial charge in [0.2, 0.25) is 5.82 Å². The molecular weight excluding hydrogens is 388 g/mol. The standard InChI is InChI=1S/C9H6N2O3.C9H10N2O2.ClH/c12-8-5-3-1-2-4-6(5)10-7(11-8)9(13)14;10-4-6-1-2-8-7(3-6)11-9(12)5-13-8;/h1-4H,(H,13,14)(H,10,11,12);1-3H,4-5,10H2,(H,11,12);1H. The molecule has 0 fully saturated rings. The Morgan fingerprint density at radius 1 is 1.21 bits per heavy atom. The molecule has 1 amide bonds. The Kier molecular flexibility index (Phi) is 6.69. The van der Waals surface area contributed by atoms with Crippen molar-refractivity contribution in [3.8, 4) is 5.75 Å². The number of aromatic carboxylic acids is 1. The number of fused-ring (bicyclic) bond motifs is 2. The summed E-state index contributed by atoms with van der Waals surface area (Å²) in [4.78, 5) is 38.8. The summed E-state index contributed by atoms with van der Waals surface area (Å²) in [7, 11) is 0. The average molecular weight is 405 g/mol. The fourth-order valence-corrected chi connectivity index (χ4v) is 2.44. The van der Waals surface area contributed by atoms with Gasteiger partial charge in [0.15, 0.2) is 6.61 Å². The first-order chi connectivity index (χ1) is 13.0. The van der Waals surface area contributed by atoms with Gasteiger partial charge in [-0.2, -0.15) is 0 Å². The number of carbonyl (C=O) groups is 2. The molecule has 28 heavy (non-hydrogen) atoms. The van der Waals surface area contributed by atoms with Gasteiger partial charge < -0.3 is 25.9 Å². The summed E-state index contributed by atoms with van der Waals surface area (Å²) < 4.78 is 5.18. The van der Waals surface area contributed by atoms with Crippen molar-refractivity contribution in [1.82, 2.24) is 9.97 Å². The molecule has 1 aliphatic heterocycles.